The molecule has 1 aromatic carbocycles. The van der Waals surface area contributed by atoms with Crippen LogP contribution < -0.4 is 14.2 Å². The largest absolute Gasteiger partial charge is 0.494 e. The molecule has 1 aromatic rings. The van der Waals surface area contributed by atoms with E-state index in [1.807, 2.05) is 6.07 Å². The number of halogens is 1. The maximum atomic E-state index is 8.91. The van der Waals surface area contributed by atoms with Crippen molar-refractivity contribution in [3.63, 3.8) is 0 Å². The molecular weight excluding hydrogens is 262 g/mol. The molecule has 0 aliphatic carbocycles. The standard InChI is InChI=1S/C10H10BrNO3/c1-13-7-4-6(5-12)9(14-2)8(11)10(7)15-3/h4H,1-3H3. The van der Waals surface area contributed by atoms with E-state index < -0.39 is 0 Å². The van der Waals surface area contributed by atoms with Gasteiger partial charge < -0.3 is 14.2 Å². The fourth-order valence-electron chi connectivity index (χ4n) is 1.22. The first-order valence-electron chi connectivity index (χ1n) is 4.08. The van der Waals surface area contributed by atoms with Crippen LogP contribution in [0.15, 0.2) is 10.5 Å². The van der Waals surface area contributed by atoms with Crippen LogP contribution in [0.25, 0.3) is 0 Å². The number of hydrogen-bond acceptors (Lipinski definition) is 4. The van der Waals surface area contributed by atoms with Crippen molar-refractivity contribution in [3.8, 4) is 23.3 Å². The summed E-state index contributed by atoms with van der Waals surface area (Å²) < 4.78 is 15.9. The van der Waals surface area contributed by atoms with Gasteiger partial charge in [0.05, 0.1) is 26.9 Å². The minimum absolute atomic E-state index is 0.391. The van der Waals surface area contributed by atoms with E-state index in [0.717, 1.165) is 0 Å². The van der Waals surface area contributed by atoms with Crippen molar-refractivity contribution in [2.45, 2.75) is 0 Å². The Bertz CT molecular complexity index is 412. The van der Waals surface area contributed by atoms with Crippen LogP contribution in [0.4, 0.5) is 0 Å². The van der Waals surface area contributed by atoms with Crippen LogP contribution in [0.1, 0.15) is 5.56 Å². The van der Waals surface area contributed by atoms with E-state index >= 15 is 0 Å². The highest BCUT2D eigenvalue weighted by Crippen LogP contribution is 2.43. The Morgan fingerprint density at radius 3 is 2.13 bits per heavy atom. The molecular formula is C10H10BrNO3. The molecule has 0 bridgehead atoms. The van der Waals surface area contributed by atoms with Crippen molar-refractivity contribution >= 4 is 15.9 Å². The quantitative estimate of drug-likeness (QED) is 0.847. The Morgan fingerprint density at radius 1 is 1.13 bits per heavy atom. The van der Waals surface area contributed by atoms with Gasteiger partial charge in [-0.05, 0) is 15.9 Å². The van der Waals surface area contributed by atoms with Crippen molar-refractivity contribution in [1.29, 1.82) is 5.26 Å². The lowest BCUT2D eigenvalue weighted by molar-refractivity contribution is 0.345. The van der Waals surface area contributed by atoms with Gasteiger partial charge in [-0.25, -0.2) is 0 Å². The summed E-state index contributed by atoms with van der Waals surface area (Å²) >= 11 is 3.30. The van der Waals surface area contributed by atoms with Gasteiger partial charge in [-0.3, -0.25) is 0 Å². The summed E-state index contributed by atoms with van der Waals surface area (Å²) in [6, 6.07) is 3.59. The average molecular weight is 272 g/mol. The van der Waals surface area contributed by atoms with E-state index in [9.17, 15) is 0 Å². The third-order valence-electron chi connectivity index (χ3n) is 1.89. The summed E-state index contributed by atoms with van der Waals surface area (Å²) in [5.74, 6) is 1.44. The molecule has 0 saturated heterocycles. The number of ether oxygens (including phenoxy) is 3. The van der Waals surface area contributed by atoms with Gasteiger partial charge in [0.1, 0.15) is 10.5 Å². The predicted molar refractivity (Wildman–Crippen MR) is 58.5 cm³/mol. The Labute approximate surface area is 96.5 Å². The van der Waals surface area contributed by atoms with Crippen LogP contribution in [0.3, 0.4) is 0 Å². The normalized spacial score (nSPS) is 9.27. The predicted octanol–water partition coefficient (Wildman–Crippen LogP) is 2.35. The molecule has 1 rings (SSSR count). The van der Waals surface area contributed by atoms with Crippen LogP contribution in [0.2, 0.25) is 0 Å². The minimum Gasteiger partial charge on any atom is -0.494 e. The molecule has 0 aromatic heterocycles. The van der Waals surface area contributed by atoms with Gasteiger partial charge in [-0.15, -0.1) is 0 Å². The Balaban J connectivity index is 3.50. The summed E-state index contributed by atoms with van der Waals surface area (Å²) in [5, 5.41) is 8.91. The van der Waals surface area contributed by atoms with Crippen molar-refractivity contribution < 1.29 is 14.2 Å². The molecule has 0 aliphatic rings. The lowest BCUT2D eigenvalue weighted by Crippen LogP contribution is -1.96. The van der Waals surface area contributed by atoms with Crippen molar-refractivity contribution in [2.24, 2.45) is 0 Å². The monoisotopic (exact) mass is 271 g/mol. The van der Waals surface area contributed by atoms with Crippen LogP contribution in [-0.2, 0) is 0 Å². The number of nitrogens with zero attached hydrogens (tertiary/aromatic N) is 1. The minimum atomic E-state index is 0.391. The van der Waals surface area contributed by atoms with Gasteiger partial charge in [0.25, 0.3) is 0 Å². The summed E-state index contributed by atoms with van der Waals surface area (Å²) in [7, 11) is 4.53. The molecule has 0 N–H and O–H groups in total. The second kappa shape index (κ2) is 4.89. The SMILES string of the molecule is COc1cc(C#N)c(OC)c(Br)c1OC. The third kappa shape index (κ3) is 2.00. The van der Waals surface area contributed by atoms with E-state index in [1.165, 1.54) is 21.3 Å². The molecule has 0 saturated carbocycles. The highest BCUT2D eigenvalue weighted by molar-refractivity contribution is 9.10. The van der Waals surface area contributed by atoms with E-state index in [-0.39, 0.29) is 0 Å². The second-order valence-electron chi connectivity index (χ2n) is 2.62. The maximum Gasteiger partial charge on any atom is 0.178 e. The summed E-state index contributed by atoms with van der Waals surface area (Å²) in [6.45, 7) is 0. The number of nitriles is 1. The molecule has 15 heavy (non-hydrogen) atoms. The van der Waals surface area contributed by atoms with Crippen LogP contribution >= 0.6 is 15.9 Å². The molecule has 0 spiro atoms. The molecule has 4 nitrogen and oxygen atoms in total. The Hall–Kier alpha value is -1.41. The molecule has 0 fully saturated rings. The highest BCUT2D eigenvalue weighted by atomic mass is 79.9. The Morgan fingerprint density at radius 2 is 1.73 bits per heavy atom. The van der Waals surface area contributed by atoms with E-state index in [0.29, 0.717) is 27.3 Å². The zero-order valence-electron chi connectivity index (χ0n) is 8.63. The van der Waals surface area contributed by atoms with Crippen LogP contribution in [0, 0.1) is 11.3 Å². The number of methoxy groups -OCH3 is 3. The van der Waals surface area contributed by atoms with Crippen molar-refractivity contribution in [1.82, 2.24) is 0 Å². The summed E-state index contributed by atoms with van der Waals surface area (Å²) in [4.78, 5) is 0. The molecule has 0 radical (unpaired) electrons. The molecule has 0 aliphatic heterocycles. The molecule has 80 valence electrons. The first kappa shape index (κ1) is 11.7. The van der Waals surface area contributed by atoms with E-state index in [4.69, 9.17) is 19.5 Å². The molecule has 0 amide bonds. The maximum absolute atomic E-state index is 8.91. The van der Waals surface area contributed by atoms with Gasteiger partial charge in [0.2, 0.25) is 0 Å². The van der Waals surface area contributed by atoms with Crippen molar-refractivity contribution in [2.75, 3.05) is 21.3 Å². The van der Waals surface area contributed by atoms with E-state index in [2.05, 4.69) is 15.9 Å². The van der Waals surface area contributed by atoms with Gasteiger partial charge in [-0.1, -0.05) is 0 Å². The van der Waals surface area contributed by atoms with Gasteiger partial charge in [0, 0.05) is 6.07 Å². The van der Waals surface area contributed by atoms with Crippen molar-refractivity contribution in [3.05, 3.63) is 16.1 Å². The third-order valence-corrected chi connectivity index (χ3v) is 2.61. The summed E-state index contributed by atoms with van der Waals surface area (Å²) in [5.41, 5.74) is 0.391. The van der Waals surface area contributed by atoms with Gasteiger partial charge in [0.15, 0.2) is 17.2 Å². The fourth-order valence-corrected chi connectivity index (χ4v) is 1.95. The zero-order valence-corrected chi connectivity index (χ0v) is 10.2. The second-order valence-corrected chi connectivity index (χ2v) is 3.41. The average Bonchev–Trinajstić information content (AvgIpc) is 2.27. The van der Waals surface area contributed by atoms with Crippen LogP contribution in [-0.4, -0.2) is 21.3 Å². The molecule has 5 heteroatoms. The summed E-state index contributed by atoms with van der Waals surface area (Å²) in [6.07, 6.45) is 0. The number of rotatable bonds is 3. The first-order valence-corrected chi connectivity index (χ1v) is 4.87. The number of hydrogen-bond donors (Lipinski definition) is 0. The van der Waals surface area contributed by atoms with Gasteiger partial charge >= 0.3 is 0 Å². The lowest BCUT2D eigenvalue weighted by Gasteiger charge is -2.13. The molecule has 0 atom stereocenters. The lowest BCUT2D eigenvalue weighted by atomic mass is 10.2. The zero-order chi connectivity index (χ0) is 11.4. The molecule has 0 heterocycles. The fraction of sp³-hybridized carbons (Fsp3) is 0.300. The molecule has 0 unspecified atom stereocenters. The Kier molecular flexibility index (Phi) is 3.81. The topological polar surface area (TPSA) is 51.5 Å². The van der Waals surface area contributed by atoms with Gasteiger partial charge in [-0.2, -0.15) is 5.26 Å². The first-order chi connectivity index (χ1) is 7.19. The van der Waals surface area contributed by atoms with Crippen LogP contribution in [0.5, 0.6) is 17.2 Å². The smallest absolute Gasteiger partial charge is 0.178 e. The van der Waals surface area contributed by atoms with E-state index in [1.54, 1.807) is 6.07 Å². The number of benzene rings is 1. The highest BCUT2D eigenvalue weighted by Gasteiger charge is 2.18.